The van der Waals surface area contributed by atoms with Crippen molar-refractivity contribution in [3.8, 4) is 0 Å². The van der Waals surface area contributed by atoms with Crippen LogP contribution in [0.3, 0.4) is 0 Å². The molecule has 1 aliphatic rings. The Morgan fingerprint density at radius 1 is 1.21 bits per heavy atom. The maximum atomic E-state index is 13.0. The minimum Gasteiger partial charge on any atom is -0.462 e. The molecule has 3 heterocycles. The lowest BCUT2D eigenvalue weighted by Gasteiger charge is -2.32. The van der Waals surface area contributed by atoms with Gasteiger partial charge in [0.1, 0.15) is 9.71 Å². The van der Waals surface area contributed by atoms with E-state index in [-0.39, 0.29) is 22.8 Å². The van der Waals surface area contributed by atoms with Crippen molar-refractivity contribution in [2.75, 3.05) is 18.5 Å². The molecule has 1 aliphatic heterocycles. The highest BCUT2D eigenvalue weighted by molar-refractivity contribution is 7.89. The van der Waals surface area contributed by atoms with E-state index in [2.05, 4.69) is 10.3 Å². The predicted molar refractivity (Wildman–Crippen MR) is 130 cm³/mol. The van der Waals surface area contributed by atoms with Crippen LogP contribution in [0.2, 0.25) is 0 Å². The average molecular weight is 508 g/mol. The highest BCUT2D eigenvalue weighted by Gasteiger charge is 2.31. The molecular weight excluding hydrogens is 482 g/mol. The van der Waals surface area contributed by atoms with E-state index in [1.165, 1.54) is 46.9 Å². The second-order valence-corrected chi connectivity index (χ2v) is 11.8. The molecule has 176 valence electrons. The van der Waals surface area contributed by atoms with Gasteiger partial charge in [0.25, 0.3) is 5.91 Å². The number of carbonyl (C=O) groups is 2. The Bertz CT molecular complexity index is 1290. The van der Waals surface area contributed by atoms with Gasteiger partial charge in [-0.25, -0.2) is 18.2 Å². The number of nitrogens with zero attached hydrogens (tertiary/aromatic N) is 2. The Kier molecular flexibility index (Phi) is 6.85. The number of ether oxygens (including phenoxy) is 1. The van der Waals surface area contributed by atoms with Crippen molar-refractivity contribution in [1.29, 1.82) is 0 Å². The molecule has 11 heteroatoms. The Morgan fingerprint density at radius 3 is 2.58 bits per heavy atom. The fraction of sp³-hybridized carbons (Fsp3) is 0.409. The first-order chi connectivity index (χ1) is 15.7. The Hall–Kier alpha value is -2.34. The molecule has 1 fully saturated rings. The summed E-state index contributed by atoms with van der Waals surface area (Å²) in [5.41, 5.74) is 1.12. The van der Waals surface area contributed by atoms with E-state index in [4.69, 9.17) is 4.74 Å². The maximum Gasteiger partial charge on any atom is 0.348 e. The number of benzene rings is 1. The Morgan fingerprint density at radius 2 is 1.94 bits per heavy atom. The number of nitrogens with one attached hydrogen (secondary N) is 1. The molecule has 0 bridgehead atoms. The minimum absolute atomic E-state index is 0.0294. The lowest BCUT2D eigenvalue weighted by Crippen LogP contribution is -2.41. The Labute approximate surface area is 200 Å². The molecule has 33 heavy (non-hydrogen) atoms. The quantitative estimate of drug-likeness (QED) is 0.487. The van der Waals surface area contributed by atoms with Crippen molar-refractivity contribution in [1.82, 2.24) is 9.29 Å². The molecule has 0 saturated carbocycles. The molecule has 8 nitrogen and oxygen atoms in total. The van der Waals surface area contributed by atoms with Crippen LogP contribution in [0.15, 0.2) is 29.2 Å². The monoisotopic (exact) mass is 507 g/mol. The fourth-order valence-electron chi connectivity index (χ4n) is 3.85. The first-order valence-electron chi connectivity index (χ1n) is 10.7. The van der Waals surface area contributed by atoms with Crippen molar-refractivity contribution >= 4 is 59.2 Å². The second-order valence-electron chi connectivity index (χ2n) is 7.87. The van der Waals surface area contributed by atoms with Crippen LogP contribution >= 0.6 is 22.7 Å². The van der Waals surface area contributed by atoms with Gasteiger partial charge in [0.2, 0.25) is 10.0 Å². The second kappa shape index (κ2) is 9.49. The van der Waals surface area contributed by atoms with Gasteiger partial charge in [-0.05, 0) is 63.4 Å². The molecule has 1 amide bonds. The predicted octanol–water partition coefficient (Wildman–Crippen LogP) is 4.66. The summed E-state index contributed by atoms with van der Waals surface area (Å²) in [4.78, 5) is 30.5. The van der Waals surface area contributed by atoms with Gasteiger partial charge in [0, 0.05) is 18.2 Å². The van der Waals surface area contributed by atoms with E-state index in [1.807, 2.05) is 13.8 Å². The van der Waals surface area contributed by atoms with E-state index in [0.717, 1.165) is 29.5 Å². The number of amides is 1. The summed E-state index contributed by atoms with van der Waals surface area (Å²) >= 11 is 2.52. The van der Waals surface area contributed by atoms with Gasteiger partial charge in [-0.3, -0.25) is 10.1 Å². The molecule has 0 radical (unpaired) electrons. The molecule has 1 saturated heterocycles. The van der Waals surface area contributed by atoms with Gasteiger partial charge in [-0.15, -0.1) is 11.3 Å². The number of hydrogen-bond donors (Lipinski definition) is 1. The topological polar surface area (TPSA) is 106 Å². The van der Waals surface area contributed by atoms with Crippen molar-refractivity contribution in [2.45, 2.75) is 51.0 Å². The molecule has 3 aromatic rings. The number of thiophene rings is 1. The summed E-state index contributed by atoms with van der Waals surface area (Å²) in [7, 11) is -3.59. The zero-order valence-corrected chi connectivity index (χ0v) is 21.0. The number of anilines is 1. The molecule has 1 aromatic carbocycles. The zero-order valence-electron chi connectivity index (χ0n) is 18.6. The highest BCUT2D eigenvalue weighted by atomic mass is 32.2. The van der Waals surface area contributed by atoms with Crippen molar-refractivity contribution in [3.05, 3.63) is 40.3 Å². The van der Waals surface area contributed by atoms with Gasteiger partial charge < -0.3 is 4.74 Å². The van der Waals surface area contributed by atoms with Gasteiger partial charge in [-0.2, -0.15) is 4.31 Å². The molecule has 4 rings (SSSR count). The van der Waals surface area contributed by atoms with Crippen LogP contribution in [0.25, 0.3) is 9.53 Å². The minimum atomic E-state index is -3.59. The van der Waals surface area contributed by atoms with Crippen LogP contribution < -0.4 is 5.32 Å². The number of hydrogen-bond acceptors (Lipinski definition) is 8. The van der Waals surface area contributed by atoms with Crippen molar-refractivity contribution in [2.24, 2.45) is 0 Å². The van der Waals surface area contributed by atoms with Crippen LogP contribution in [0, 0.1) is 6.92 Å². The van der Waals surface area contributed by atoms with Gasteiger partial charge in [0.15, 0.2) is 5.13 Å². The number of aromatic nitrogens is 1. The van der Waals surface area contributed by atoms with Crippen molar-refractivity contribution in [3.63, 3.8) is 0 Å². The van der Waals surface area contributed by atoms with E-state index in [1.54, 1.807) is 11.2 Å². The van der Waals surface area contributed by atoms with Crippen LogP contribution in [-0.4, -0.2) is 48.8 Å². The molecule has 0 spiro atoms. The lowest BCUT2D eigenvalue weighted by atomic mass is 10.1. The molecular formula is C22H25N3O5S3. The summed E-state index contributed by atoms with van der Waals surface area (Å²) in [5, 5.41) is 3.18. The summed E-state index contributed by atoms with van der Waals surface area (Å²) in [6.07, 6.45) is 2.74. The summed E-state index contributed by atoms with van der Waals surface area (Å²) < 4.78 is 33.4. The number of fused-ring (bicyclic) bond motifs is 1. The molecule has 1 atom stereocenters. The summed E-state index contributed by atoms with van der Waals surface area (Å²) in [6.45, 7) is 6.33. The largest absolute Gasteiger partial charge is 0.462 e. The summed E-state index contributed by atoms with van der Waals surface area (Å²) in [5.74, 6) is -0.750. The smallest absolute Gasteiger partial charge is 0.348 e. The van der Waals surface area contributed by atoms with Gasteiger partial charge >= 0.3 is 5.97 Å². The third kappa shape index (κ3) is 4.68. The van der Waals surface area contributed by atoms with E-state index in [9.17, 15) is 18.0 Å². The molecule has 0 aliphatic carbocycles. The number of carbonyl (C=O) groups excluding carboxylic acids is 2. The van der Waals surface area contributed by atoms with Crippen LogP contribution in [-0.2, 0) is 14.8 Å². The normalized spacial score (nSPS) is 17.2. The fourth-order valence-corrected chi connectivity index (χ4v) is 7.75. The van der Waals surface area contributed by atoms with Gasteiger partial charge in [0.05, 0.1) is 16.2 Å². The van der Waals surface area contributed by atoms with Crippen LogP contribution in [0.4, 0.5) is 5.13 Å². The van der Waals surface area contributed by atoms with Gasteiger partial charge in [-0.1, -0.05) is 17.8 Å². The first kappa shape index (κ1) is 23.8. The van der Waals surface area contributed by atoms with E-state index < -0.39 is 10.0 Å². The molecule has 0 unspecified atom stereocenters. The number of sulfonamides is 1. The Balaban J connectivity index is 1.49. The van der Waals surface area contributed by atoms with Crippen LogP contribution in [0.1, 0.15) is 58.7 Å². The van der Waals surface area contributed by atoms with E-state index >= 15 is 0 Å². The molecule has 2 aromatic heterocycles. The van der Waals surface area contributed by atoms with Crippen molar-refractivity contribution < 1.29 is 22.7 Å². The SMILES string of the molecule is CCOC(=O)c1sc2nc(NC(=O)c3ccc(S(=O)(=O)N4CCCC[C@H]4C)cc3)sc2c1C. The third-order valence-corrected chi connectivity index (χ3v) is 10.0. The number of aryl methyl sites for hydroxylation is 1. The zero-order chi connectivity index (χ0) is 23.8. The average Bonchev–Trinajstić information content (AvgIpc) is 3.32. The first-order valence-corrected chi connectivity index (χ1v) is 13.8. The van der Waals surface area contributed by atoms with Crippen LogP contribution in [0.5, 0.6) is 0 Å². The standard InChI is InChI=1S/C22H25N3O5S3/c1-4-30-21(27)18-14(3)17-20(31-18)24-22(32-17)23-19(26)15-8-10-16(11-9-15)33(28,29)25-12-6-5-7-13(25)2/h8-11,13H,4-7,12H2,1-3H3,(H,23,24,26)/t13-/m1/s1. The maximum absolute atomic E-state index is 13.0. The number of rotatable bonds is 6. The number of esters is 1. The van der Waals surface area contributed by atoms with E-state index in [0.29, 0.717) is 33.6 Å². The number of thiazole rings is 1. The summed E-state index contributed by atoms with van der Waals surface area (Å²) in [6, 6.07) is 5.94. The molecule has 1 N–H and O–H groups in total. The lowest BCUT2D eigenvalue weighted by molar-refractivity contribution is 0.0531. The highest BCUT2D eigenvalue weighted by Crippen LogP contribution is 2.37. The third-order valence-electron chi connectivity index (χ3n) is 5.62. The number of piperidine rings is 1.